The highest BCUT2D eigenvalue weighted by atomic mass is 35.5. The molecule has 64 valence electrons. The van der Waals surface area contributed by atoms with E-state index < -0.39 is 0 Å². The molecule has 2 heteroatoms. The topological polar surface area (TPSA) is 17.1 Å². The molecule has 0 unspecified atom stereocenters. The number of carbonyl (C=O) groups excluding carboxylic acids is 1. The number of rotatable bonds is 4. The standard InChI is InChI=1S/C9H15ClO/c10-7-3-6-9(11)8-4-1-2-5-8/h8H,1-7H2. The van der Waals surface area contributed by atoms with Crippen molar-refractivity contribution in [3.05, 3.63) is 0 Å². The van der Waals surface area contributed by atoms with Gasteiger partial charge in [-0.1, -0.05) is 12.8 Å². The number of alkyl halides is 1. The van der Waals surface area contributed by atoms with Crippen molar-refractivity contribution in [3.63, 3.8) is 0 Å². The van der Waals surface area contributed by atoms with E-state index >= 15 is 0 Å². The van der Waals surface area contributed by atoms with Crippen LogP contribution in [0.2, 0.25) is 0 Å². The zero-order valence-electron chi connectivity index (χ0n) is 6.81. The molecule has 1 fully saturated rings. The summed E-state index contributed by atoms with van der Waals surface area (Å²) >= 11 is 5.50. The van der Waals surface area contributed by atoms with Gasteiger partial charge in [-0.3, -0.25) is 4.79 Å². The molecule has 1 rings (SSSR count). The quantitative estimate of drug-likeness (QED) is 0.599. The number of ketones is 1. The zero-order valence-corrected chi connectivity index (χ0v) is 7.57. The van der Waals surface area contributed by atoms with Crippen molar-refractivity contribution in [1.29, 1.82) is 0 Å². The number of carbonyl (C=O) groups is 1. The molecule has 0 spiro atoms. The van der Waals surface area contributed by atoms with Gasteiger partial charge in [0.2, 0.25) is 0 Å². The van der Waals surface area contributed by atoms with Gasteiger partial charge in [0.15, 0.2) is 0 Å². The maximum Gasteiger partial charge on any atom is 0.136 e. The molecule has 1 aliphatic rings. The van der Waals surface area contributed by atoms with Gasteiger partial charge in [0, 0.05) is 18.2 Å². The summed E-state index contributed by atoms with van der Waals surface area (Å²) in [5.41, 5.74) is 0. The molecule has 1 nitrogen and oxygen atoms in total. The molecule has 0 N–H and O–H groups in total. The second-order valence-corrected chi connectivity index (χ2v) is 3.62. The third-order valence-corrected chi connectivity index (χ3v) is 2.63. The van der Waals surface area contributed by atoms with Crippen LogP contribution >= 0.6 is 11.6 Å². The monoisotopic (exact) mass is 174 g/mol. The first-order chi connectivity index (χ1) is 5.34. The van der Waals surface area contributed by atoms with E-state index in [9.17, 15) is 4.79 Å². The minimum Gasteiger partial charge on any atom is -0.299 e. The van der Waals surface area contributed by atoms with Crippen molar-refractivity contribution in [2.24, 2.45) is 5.92 Å². The van der Waals surface area contributed by atoms with Crippen molar-refractivity contribution < 1.29 is 4.79 Å². The molecular formula is C9H15ClO. The first-order valence-electron chi connectivity index (χ1n) is 4.43. The lowest BCUT2D eigenvalue weighted by molar-refractivity contribution is -0.122. The summed E-state index contributed by atoms with van der Waals surface area (Å²) in [6.07, 6.45) is 6.31. The molecule has 0 radical (unpaired) electrons. The average Bonchev–Trinajstić information content (AvgIpc) is 2.52. The van der Waals surface area contributed by atoms with Crippen LogP contribution in [0.3, 0.4) is 0 Å². The zero-order chi connectivity index (χ0) is 8.10. The Hall–Kier alpha value is -0.0400. The first-order valence-corrected chi connectivity index (χ1v) is 4.96. The summed E-state index contributed by atoms with van der Waals surface area (Å²) in [6.45, 7) is 0. The van der Waals surface area contributed by atoms with E-state index in [1.54, 1.807) is 0 Å². The van der Waals surface area contributed by atoms with Crippen LogP contribution in [0.1, 0.15) is 38.5 Å². The Morgan fingerprint density at radius 3 is 2.55 bits per heavy atom. The Bertz CT molecular complexity index is 128. The van der Waals surface area contributed by atoms with Crippen molar-refractivity contribution in [2.75, 3.05) is 5.88 Å². The van der Waals surface area contributed by atoms with Crippen LogP contribution in [0.5, 0.6) is 0 Å². The van der Waals surface area contributed by atoms with Crippen molar-refractivity contribution in [2.45, 2.75) is 38.5 Å². The fraction of sp³-hybridized carbons (Fsp3) is 0.889. The smallest absolute Gasteiger partial charge is 0.136 e. The first kappa shape index (κ1) is 9.05. The van der Waals surface area contributed by atoms with Crippen molar-refractivity contribution in [1.82, 2.24) is 0 Å². The van der Waals surface area contributed by atoms with Gasteiger partial charge in [0.1, 0.15) is 5.78 Å². The SMILES string of the molecule is O=C(CCCCl)C1CCCC1. The Kier molecular flexibility index (Phi) is 3.92. The summed E-state index contributed by atoms with van der Waals surface area (Å²) in [5.74, 6) is 1.46. The fourth-order valence-corrected chi connectivity index (χ4v) is 1.83. The summed E-state index contributed by atoms with van der Waals surface area (Å²) in [7, 11) is 0. The van der Waals surface area contributed by atoms with Gasteiger partial charge in [0.25, 0.3) is 0 Å². The molecule has 1 saturated carbocycles. The van der Waals surface area contributed by atoms with Crippen LogP contribution in [0, 0.1) is 5.92 Å². The van der Waals surface area contributed by atoms with E-state index in [0.717, 1.165) is 19.3 Å². The van der Waals surface area contributed by atoms with Gasteiger partial charge in [-0.2, -0.15) is 0 Å². The highest BCUT2D eigenvalue weighted by Crippen LogP contribution is 2.26. The predicted molar refractivity (Wildman–Crippen MR) is 46.9 cm³/mol. The molecule has 0 saturated heterocycles. The van der Waals surface area contributed by atoms with Gasteiger partial charge in [-0.15, -0.1) is 11.6 Å². The van der Waals surface area contributed by atoms with Crippen LogP contribution in [0.25, 0.3) is 0 Å². The van der Waals surface area contributed by atoms with E-state index in [0.29, 0.717) is 24.0 Å². The molecule has 0 atom stereocenters. The van der Waals surface area contributed by atoms with E-state index in [-0.39, 0.29) is 0 Å². The highest BCUT2D eigenvalue weighted by molar-refractivity contribution is 6.17. The third-order valence-electron chi connectivity index (χ3n) is 2.37. The highest BCUT2D eigenvalue weighted by Gasteiger charge is 2.21. The lowest BCUT2D eigenvalue weighted by Crippen LogP contribution is -2.10. The number of Topliss-reactive ketones (excluding diaryl/α,β-unsaturated/α-hetero) is 1. The number of hydrogen-bond acceptors (Lipinski definition) is 1. The molecule has 0 aromatic rings. The van der Waals surface area contributed by atoms with E-state index in [1.165, 1.54) is 12.8 Å². The average molecular weight is 175 g/mol. The lowest BCUT2D eigenvalue weighted by Gasteiger charge is -2.05. The molecule has 1 aliphatic carbocycles. The maximum atomic E-state index is 11.3. The van der Waals surface area contributed by atoms with Crippen LogP contribution in [0.4, 0.5) is 0 Å². The van der Waals surface area contributed by atoms with Crippen molar-refractivity contribution >= 4 is 17.4 Å². The third kappa shape index (κ3) is 2.82. The Labute approximate surface area is 73.1 Å². The molecule has 0 aromatic carbocycles. The Morgan fingerprint density at radius 1 is 1.36 bits per heavy atom. The van der Waals surface area contributed by atoms with Crippen LogP contribution in [-0.2, 0) is 4.79 Å². The largest absolute Gasteiger partial charge is 0.299 e. The van der Waals surface area contributed by atoms with Gasteiger partial charge < -0.3 is 0 Å². The molecule has 0 aliphatic heterocycles. The molecule has 0 aromatic heterocycles. The lowest BCUT2D eigenvalue weighted by atomic mass is 9.99. The van der Waals surface area contributed by atoms with Crippen LogP contribution < -0.4 is 0 Å². The van der Waals surface area contributed by atoms with Crippen LogP contribution in [-0.4, -0.2) is 11.7 Å². The summed E-state index contributed by atoms with van der Waals surface area (Å²) in [6, 6.07) is 0. The van der Waals surface area contributed by atoms with Gasteiger partial charge in [0.05, 0.1) is 0 Å². The summed E-state index contributed by atoms with van der Waals surface area (Å²) < 4.78 is 0. The van der Waals surface area contributed by atoms with Gasteiger partial charge in [-0.05, 0) is 19.3 Å². The number of halogens is 1. The summed E-state index contributed by atoms with van der Waals surface area (Å²) in [4.78, 5) is 11.3. The minimum atomic E-state index is 0.387. The molecule has 11 heavy (non-hydrogen) atoms. The van der Waals surface area contributed by atoms with E-state index in [1.807, 2.05) is 0 Å². The molecule has 0 bridgehead atoms. The second-order valence-electron chi connectivity index (χ2n) is 3.24. The molecule has 0 amide bonds. The Balaban J connectivity index is 2.17. The van der Waals surface area contributed by atoms with Crippen LogP contribution in [0.15, 0.2) is 0 Å². The minimum absolute atomic E-state index is 0.387. The van der Waals surface area contributed by atoms with Crippen molar-refractivity contribution in [3.8, 4) is 0 Å². The number of hydrogen-bond donors (Lipinski definition) is 0. The fourth-order valence-electron chi connectivity index (χ4n) is 1.69. The molecule has 0 heterocycles. The predicted octanol–water partition coefficient (Wildman–Crippen LogP) is 2.76. The van der Waals surface area contributed by atoms with Gasteiger partial charge in [-0.25, -0.2) is 0 Å². The maximum absolute atomic E-state index is 11.3. The van der Waals surface area contributed by atoms with E-state index in [2.05, 4.69) is 0 Å². The molecular weight excluding hydrogens is 160 g/mol. The normalized spacial score (nSPS) is 19.0. The van der Waals surface area contributed by atoms with E-state index in [4.69, 9.17) is 11.6 Å². The van der Waals surface area contributed by atoms with Gasteiger partial charge >= 0.3 is 0 Å². The Morgan fingerprint density at radius 2 is 2.00 bits per heavy atom. The second kappa shape index (κ2) is 4.76. The summed E-state index contributed by atoms with van der Waals surface area (Å²) in [5, 5.41) is 0.